The summed E-state index contributed by atoms with van der Waals surface area (Å²) in [7, 11) is 0. The molecule has 3 aromatic rings. The molecule has 0 radical (unpaired) electrons. The summed E-state index contributed by atoms with van der Waals surface area (Å²) in [5, 5.41) is 13.1. The lowest BCUT2D eigenvalue weighted by Gasteiger charge is -2.17. The number of hydrogen-bond acceptors (Lipinski definition) is 3. The van der Waals surface area contributed by atoms with Crippen LogP contribution in [0.3, 0.4) is 0 Å². The van der Waals surface area contributed by atoms with Gasteiger partial charge in [0, 0.05) is 30.0 Å². The van der Waals surface area contributed by atoms with E-state index in [2.05, 4.69) is 29.6 Å². The minimum Gasteiger partial charge on any atom is -0.449 e. The molecule has 0 saturated heterocycles. The van der Waals surface area contributed by atoms with Gasteiger partial charge in [0.05, 0.1) is 0 Å². The van der Waals surface area contributed by atoms with Crippen molar-refractivity contribution in [2.24, 2.45) is 5.92 Å². The fraction of sp³-hybridized carbons (Fsp3) is 0.240. The first-order valence-corrected chi connectivity index (χ1v) is 10.5. The van der Waals surface area contributed by atoms with Gasteiger partial charge in [-0.15, -0.1) is 0 Å². The van der Waals surface area contributed by atoms with Crippen LogP contribution < -0.4 is 5.32 Å². The van der Waals surface area contributed by atoms with Gasteiger partial charge in [-0.3, -0.25) is 0 Å². The van der Waals surface area contributed by atoms with E-state index in [0.717, 1.165) is 5.56 Å². The standard InChI is InChI=1S/C25H24ClNO3/c26-19-11-9-17(10-12-19)13-18(15-28)14-27-25(29)30-16-24-22-7-3-1-5-20(22)21-6-2-4-8-23(21)24/h1-12,18,24,28H,13-16H2,(H,27,29). The minimum atomic E-state index is -0.466. The van der Waals surface area contributed by atoms with Crippen LogP contribution in [0, 0.1) is 5.92 Å². The molecule has 1 aliphatic carbocycles. The van der Waals surface area contributed by atoms with E-state index in [1.165, 1.54) is 22.3 Å². The van der Waals surface area contributed by atoms with Crippen LogP contribution in [0.15, 0.2) is 72.8 Å². The number of ether oxygens (including phenoxy) is 1. The summed E-state index contributed by atoms with van der Waals surface area (Å²) >= 11 is 5.91. The van der Waals surface area contributed by atoms with Crippen LogP contribution in [0.5, 0.6) is 0 Å². The number of halogens is 1. The molecule has 0 saturated carbocycles. The SMILES string of the molecule is O=C(NCC(CO)Cc1ccc(Cl)cc1)OCC1c2ccccc2-c2ccccc21. The van der Waals surface area contributed by atoms with E-state index in [1.807, 2.05) is 48.5 Å². The Morgan fingerprint density at radius 1 is 0.967 bits per heavy atom. The van der Waals surface area contributed by atoms with Crippen LogP contribution >= 0.6 is 11.6 Å². The van der Waals surface area contributed by atoms with Gasteiger partial charge in [0.25, 0.3) is 0 Å². The fourth-order valence-corrected chi connectivity index (χ4v) is 4.16. The van der Waals surface area contributed by atoms with Gasteiger partial charge in [-0.25, -0.2) is 4.79 Å². The van der Waals surface area contributed by atoms with Crippen molar-refractivity contribution in [3.05, 3.63) is 94.5 Å². The number of rotatable bonds is 7. The molecule has 0 aromatic heterocycles. The number of aliphatic hydroxyl groups excluding tert-OH is 1. The van der Waals surface area contributed by atoms with Gasteiger partial charge in [0.2, 0.25) is 0 Å². The highest BCUT2D eigenvalue weighted by atomic mass is 35.5. The number of carbonyl (C=O) groups excluding carboxylic acids is 1. The smallest absolute Gasteiger partial charge is 0.407 e. The van der Waals surface area contributed by atoms with Gasteiger partial charge in [-0.1, -0.05) is 72.3 Å². The Bertz CT molecular complexity index is 973. The molecule has 0 fully saturated rings. The second kappa shape index (κ2) is 9.33. The second-order valence-electron chi connectivity index (χ2n) is 7.59. The maximum atomic E-state index is 12.3. The van der Waals surface area contributed by atoms with Crippen LogP contribution in [-0.2, 0) is 11.2 Å². The van der Waals surface area contributed by atoms with Crippen LogP contribution in [0.2, 0.25) is 5.02 Å². The molecule has 154 valence electrons. The van der Waals surface area contributed by atoms with Crippen molar-refractivity contribution in [3.8, 4) is 11.1 Å². The van der Waals surface area contributed by atoms with Crippen molar-refractivity contribution in [1.29, 1.82) is 0 Å². The zero-order valence-electron chi connectivity index (χ0n) is 16.6. The van der Waals surface area contributed by atoms with Gasteiger partial charge >= 0.3 is 6.09 Å². The van der Waals surface area contributed by atoms with Gasteiger partial charge in [0.15, 0.2) is 0 Å². The van der Waals surface area contributed by atoms with Crippen LogP contribution in [0.1, 0.15) is 22.6 Å². The number of alkyl carbamates (subject to hydrolysis) is 1. The third-order valence-corrected chi connectivity index (χ3v) is 5.83. The Kier molecular flexibility index (Phi) is 6.36. The molecule has 1 unspecified atom stereocenters. The lowest BCUT2D eigenvalue weighted by Crippen LogP contribution is -2.33. The first-order valence-electron chi connectivity index (χ1n) is 10.1. The molecular formula is C25H24ClNO3. The molecule has 1 amide bonds. The fourth-order valence-electron chi connectivity index (χ4n) is 4.03. The first kappa shape index (κ1) is 20.5. The molecule has 0 heterocycles. The number of amides is 1. The van der Waals surface area contributed by atoms with E-state index in [-0.39, 0.29) is 25.0 Å². The summed E-state index contributed by atoms with van der Waals surface area (Å²) in [6.07, 6.45) is 0.184. The lowest BCUT2D eigenvalue weighted by atomic mass is 9.98. The van der Waals surface area contributed by atoms with Gasteiger partial charge in [0.1, 0.15) is 6.61 Å². The molecule has 0 spiro atoms. The van der Waals surface area contributed by atoms with Crippen molar-refractivity contribution < 1.29 is 14.6 Å². The largest absolute Gasteiger partial charge is 0.449 e. The monoisotopic (exact) mass is 421 g/mol. The molecule has 4 nitrogen and oxygen atoms in total. The highest BCUT2D eigenvalue weighted by molar-refractivity contribution is 6.30. The molecule has 1 atom stereocenters. The van der Waals surface area contributed by atoms with Crippen molar-refractivity contribution in [3.63, 3.8) is 0 Å². The van der Waals surface area contributed by atoms with Gasteiger partial charge in [-0.05, 0) is 46.4 Å². The van der Waals surface area contributed by atoms with E-state index >= 15 is 0 Å². The van der Waals surface area contributed by atoms with E-state index in [9.17, 15) is 9.90 Å². The van der Waals surface area contributed by atoms with Crippen molar-refractivity contribution in [1.82, 2.24) is 5.32 Å². The van der Waals surface area contributed by atoms with Crippen LogP contribution in [0.4, 0.5) is 4.79 Å². The number of fused-ring (bicyclic) bond motifs is 3. The van der Waals surface area contributed by atoms with E-state index in [1.54, 1.807) is 0 Å². The number of carbonyl (C=O) groups is 1. The molecular weight excluding hydrogens is 398 g/mol. The number of aliphatic hydroxyl groups is 1. The minimum absolute atomic E-state index is 0.0215. The van der Waals surface area contributed by atoms with Gasteiger partial charge < -0.3 is 15.2 Å². The molecule has 4 rings (SSSR count). The Labute approximate surface area is 181 Å². The lowest BCUT2D eigenvalue weighted by molar-refractivity contribution is 0.138. The zero-order valence-corrected chi connectivity index (χ0v) is 17.3. The highest BCUT2D eigenvalue weighted by Gasteiger charge is 2.29. The molecule has 3 aromatic carbocycles. The Morgan fingerprint density at radius 2 is 1.57 bits per heavy atom. The Morgan fingerprint density at radius 3 is 2.17 bits per heavy atom. The van der Waals surface area contributed by atoms with Crippen molar-refractivity contribution in [2.75, 3.05) is 19.8 Å². The van der Waals surface area contributed by atoms with Crippen LogP contribution in [0.25, 0.3) is 11.1 Å². The quantitative estimate of drug-likeness (QED) is 0.562. The molecule has 0 aliphatic heterocycles. The summed E-state index contributed by atoms with van der Waals surface area (Å²) in [4.78, 5) is 12.3. The maximum Gasteiger partial charge on any atom is 0.407 e. The predicted molar refractivity (Wildman–Crippen MR) is 119 cm³/mol. The summed E-state index contributed by atoms with van der Waals surface area (Å²) < 4.78 is 5.55. The molecule has 30 heavy (non-hydrogen) atoms. The van der Waals surface area contributed by atoms with Gasteiger partial charge in [-0.2, -0.15) is 0 Å². The van der Waals surface area contributed by atoms with E-state index in [0.29, 0.717) is 18.0 Å². The average Bonchev–Trinajstić information content (AvgIpc) is 3.10. The predicted octanol–water partition coefficient (Wildman–Crippen LogP) is 5.03. The van der Waals surface area contributed by atoms with Crippen molar-refractivity contribution >= 4 is 17.7 Å². The van der Waals surface area contributed by atoms with Crippen molar-refractivity contribution in [2.45, 2.75) is 12.3 Å². The second-order valence-corrected chi connectivity index (χ2v) is 8.02. The summed E-state index contributed by atoms with van der Waals surface area (Å²) in [5.41, 5.74) is 5.83. The molecule has 1 aliphatic rings. The van der Waals surface area contributed by atoms with E-state index < -0.39 is 6.09 Å². The third-order valence-electron chi connectivity index (χ3n) is 5.57. The number of hydrogen-bond donors (Lipinski definition) is 2. The average molecular weight is 422 g/mol. The summed E-state index contributed by atoms with van der Waals surface area (Å²) in [6.45, 7) is 0.600. The molecule has 5 heteroatoms. The normalized spacial score (nSPS) is 13.4. The first-order chi connectivity index (χ1) is 14.7. The molecule has 2 N–H and O–H groups in total. The number of benzene rings is 3. The van der Waals surface area contributed by atoms with Crippen LogP contribution in [-0.4, -0.2) is 31.0 Å². The summed E-state index contributed by atoms with van der Waals surface area (Å²) in [5.74, 6) is -0.0579. The zero-order chi connectivity index (χ0) is 20.9. The Hall–Kier alpha value is -2.82. The third kappa shape index (κ3) is 4.50. The molecule has 0 bridgehead atoms. The maximum absolute atomic E-state index is 12.3. The topological polar surface area (TPSA) is 58.6 Å². The summed E-state index contributed by atoms with van der Waals surface area (Å²) in [6, 6.07) is 24.0. The van der Waals surface area contributed by atoms with E-state index in [4.69, 9.17) is 16.3 Å². The highest BCUT2D eigenvalue weighted by Crippen LogP contribution is 2.44. The number of nitrogens with one attached hydrogen (secondary N) is 1. The Balaban J connectivity index is 1.33.